The van der Waals surface area contributed by atoms with Gasteiger partial charge in [-0.1, -0.05) is 13.8 Å². The Morgan fingerprint density at radius 1 is 1.29 bits per heavy atom. The Bertz CT molecular complexity index is 459. The fraction of sp³-hybridized carbons (Fsp3) is 0.667. The Morgan fingerprint density at radius 2 is 2.00 bits per heavy atom. The minimum absolute atomic E-state index is 0.142. The van der Waals surface area contributed by atoms with Crippen molar-refractivity contribution in [2.75, 3.05) is 39.0 Å². The molecule has 0 radical (unpaired) electrons. The number of aromatic nitrogens is 2. The molecule has 0 saturated carbocycles. The van der Waals surface area contributed by atoms with Crippen molar-refractivity contribution in [2.45, 2.75) is 27.2 Å². The van der Waals surface area contributed by atoms with Crippen molar-refractivity contribution in [2.24, 2.45) is 5.92 Å². The van der Waals surface area contributed by atoms with Crippen LogP contribution < -0.4 is 10.6 Å². The van der Waals surface area contributed by atoms with E-state index in [1.54, 1.807) is 13.0 Å². The minimum Gasteiger partial charge on any atom is -0.369 e. The summed E-state index contributed by atoms with van der Waals surface area (Å²) in [5.41, 5.74) is 0.415. The summed E-state index contributed by atoms with van der Waals surface area (Å²) in [4.78, 5) is 22.7. The Kier molecular flexibility index (Phi) is 7.08. The summed E-state index contributed by atoms with van der Waals surface area (Å²) < 4.78 is 0. The van der Waals surface area contributed by atoms with E-state index in [0.717, 1.165) is 19.5 Å². The molecular formula is C15H27N5O. The minimum atomic E-state index is -0.142. The summed E-state index contributed by atoms with van der Waals surface area (Å²) in [6.07, 6.45) is 0.962. The van der Waals surface area contributed by atoms with Gasteiger partial charge >= 0.3 is 0 Å². The molecule has 2 N–H and O–H groups in total. The first-order valence-corrected chi connectivity index (χ1v) is 7.41. The molecule has 0 bridgehead atoms. The lowest BCUT2D eigenvalue weighted by Crippen LogP contribution is -2.27. The number of nitrogens with one attached hydrogen (secondary N) is 2. The quantitative estimate of drug-likeness (QED) is 0.761. The Labute approximate surface area is 127 Å². The fourth-order valence-corrected chi connectivity index (χ4v) is 1.75. The molecule has 0 atom stereocenters. The van der Waals surface area contributed by atoms with E-state index < -0.39 is 0 Å². The zero-order valence-electron chi connectivity index (χ0n) is 13.7. The highest BCUT2D eigenvalue weighted by Crippen LogP contribution is 2.07. The smallest absolute Gasteiger partial charge is 0.270 e. The second-order valence-corrected chi connectivity index (χ2v) is 5.85. The highest BCUT2D eigenvalue weighted by Gasteiger charge is 2.10. The molecule has 0 saturated heterocycles. The molecule has 1 aromatic heterocycles. The number of hydrogen-bond donors (Lipinski definition) is 2. The third-order valence-electron chi connectivity index (χ3n) is 2.94. The molecule has 1 amide bonds. The van der Waals surface area contributed by atoms with E-state index >= 15 is 0 Å². The Morgan fingerprint density at radius 3 is 2.62 bits per heavy atom. The third-order valence-corrected chi connectivity index (χ3v) is 2.94. The van der Waals surface area contributed by atoms with Crippen LogP contribution in [0.1, 0.15) is 36.6 Å². The van der Waals surface area contributed by atoms with Crippen LogP contribution in [0.25, 0.3) is 0 Å². The molecule has 1 rings (SSSR count). The molecule has 21 heavy (non-hydrogen) atoms. The van der Waals surface area contributed by atoms with E-state index in [9.17, 15) is 4.79 Å². The van der Waals surface area contributed by atoms with Gasteiger partial charge in [0.15, 0.2) is 0 Å². The zero-order chi connectivity index (χ0) is 15.8. The van der Waals surface area contributed by atoms with Gasteiger partial charge in [-0.25, -0.2) is 9.97 Å². The molecule has 1 aromatic rings. The van der Waals surface area contributed by atoms with Crippen LogP contribution >= 0.6 is 0 Å². The van der Waals surface area contributed by atoms with E-state index in [4.69, 9.17) is 0 Å². The number of carbonyl (C=O) groups is 1. The lowest BCUT2D eigenvalue weighted by Gasteiger charge is -2.12. The monoisotopic (exact) mass is 293 g/mol. The standard InChI is InChI=1S/C15H27N5O/c1-11(2)6-7-17-15(21)13-10-14(19-12(3)18-13)16-8-9-20(4)5/h10-11H,6-9H2,1-5H3,(H,17,21)(H,16,18,19). The van der Waals surface area contributed by atoms with Crippen LogP contribution in [0.2, 0.25) is 0 Å². The number of likely N-dealkylation sites (N-methyl/N-ethyl adjacent to an activating group) is 1. The Balaban J connectivity index is 2.61. The number of anilines is 1. The first-order valence-electron chi connectivity index (χ1n) is 7.41. The number of nitrogens with zero attached hydrogens (tertiary/aromatic N) is 3. The van der Waals surface area contributed by atoms with Gasteiger partial charge in [-0.3, -0.25) is 4.79 Å². The van der Waals surface area contributed by atoms with Gasteiger partial charge in [0.1, 0.15) is 17.3 Å². The van der Waals surface area contributed by atoms with Crippen molar-refractivity contribution in [3.63, 3.8) is 0 Å². The fourth-order valence-electron chi connectivity index (χ4n) is 1.75. The maximum Gasteiger partial charge on any atom is 0.270 e. The van der Waals surface area contributed by atoms with Gasteiger partial charge in [0.05, 0.1) is 0 Å². The average Bonchev–Trinajstić information content (AvgIpc) is 2.37. The van der Waals surface area contributed by atoms with Gasteiger partial charge in [0, 0.05) is 25.7 Å². The molecule has 1 heterocycles. The molecule has 0 aliphatic carbocycles. The Hall–Kier alpha value is -1.69. The van der Waals surface area contributed by atoms with Gasteiger partial charge in [-0.2, -0.15) is 0 Å². The van der Waals surface area contributed by atoms with Crippen molar-refractivity contribution in [3.05, 3.63) is 17.6 Å². The molecular weight excluding hydrogens is 266 g/mol. The van der Waals surface area contributed by atoms with Crippen LogP contribution in [0.15, 0.2) is 6.07 Å². The highest BCUT2D eigenvalue weighted by atomic mass is 16.1. The van der Waals surface area contributed by atoms with Crippen LogP contribution in [-0.4, -0.2) is 54.5 Å². The largest absolute Gasteiger partial charge is 0.369 e. The van der Waals surface area contributed by atoms with E-state index in [1.807, 2.05) is 14.1 Å². The summed E-state index contributed by atoms with van der Waals surface area (Å²) in [6.45, 7) is 8.41. The molecule has 0 aliphatic rings. The summed E-state index contributed by atoms with van der Waals surface area (Å²) in [6, 6.07) is 1.70. The number of amides is 1. The van der Waals surface area contributed by atoms with E-state index in [1.165, 1.54) is 0 Å². The first kappa shape index (κ1) is 17.4. The molecule has 6 nitrogen and oxygen atoms in total. The predicted molar refractivity (Wildman–Crippen MR) is 85.6 cm³/mol. The summed E-state index contributed by atoms with van der Waals surface area (Å²) >= 11 is 0. The SMILES string of the molecule is Cc1nc(NCCN(C)C)cc(C(=O)NCCC(C)C)n1. The van der Waals surface area contributed by atoms with Crippen LogP contribution in [0.3, 0.4) is 0 Å². The van der Waals surface area contributed by atoms with Gasteiger partial charge < -0.3 is 15.5 Å². The van der Waals surface area contributed by atoms with Crippen molar-refractivity contribution in [1.82, 2.24) is 20.2 Å². The van der Waals surface area contributed by atoms with Crippen molar-refractivity contribution < 1.29 is 4.79 Å². The third kappa shape index (κ3) is 7.04. The summed E-state index contributed by atoms with van der Waals surface area (Å²) in [5.74, 6) is 1.72. The first-order chi connectivity index (χ1) is 9.88. The van der Waals surface area contributed by atoms with Crippen molar-refractivity contribution >= 4 is 11.7 Å². The molecule has 118 valence electrons. The van der Waals surface area contributed by atoms with Gasteiger partial charge in [0.2, 0.25) is 0 Å². The molecule has 0 aliphatic heterocycles. The number of rotatable bonds is 8. The molecule has 0 spiro atoms. The molecule has 0 unspecified atom stereocenters. The maximum atomic E-state index is 12.1. The molecule has 6 heteroatoms. The normalized spacial score (nSPS) is 11.0. The van der Waals surface area contributed by atoms with Crippen molar-refractivity contribution in [3.8, 4) is 0 Å². The van der Waals surface area contributed by atoms with E-state index in [2.05, 4.69) is 39.3 Å². The summed E-state index contributed by atoms with van der Waals surface area (Å²) in [7, 11) is 4.03. The average molecular weight is 293 g/mol. The predicted octanol–water partition coefficient (Wildman–Crippen LogP) is 1.53. The topological polar surface area (TPSA) is 70.2 Å². The zero-order valence-corrected chi connectivity index (χ0v) is 13.7. The lowest BCUT2D eigenvalue weighted by atomic mass is 10.1. The highest BCUT2D eigenvalue weighted by molar-refractivity contribution is 5.92. The van der Waals surface area contributed by atoms with E-state index in [0.29, 0.717) is 29.8 Å². The van der Waals surface area contributed by atoms with Crippen LogP contribution in [0.5, 0.6) is 0 Å². The van der Waals surface area contributed by atoms with Gasteiger partial charge in [-0.15, -0.1) is 0 Å². The number of hydrogen-bond acceptors (Lipinski definition) is 5. The second-order valence-electron chi connectivity index (χ2n) is 5.85. The molecule has 0 aromatic carbocycles. The van der Waals surface area contributed by atoms with Crippen LogP contribution in [-0.2, 0) is 0 Å². The van der Waals surface area contributed by atoms with Gasteiger partial charge in [-0.05, 0) is 33.4 Å². The number of aryl methyl sites for hydroxylation is 1. The van der Waals surface area contributed by atoms with Crippen LogP contribution in [0, 0.1) is 12.8 Å². The number of carbonyl (C=O) groups excluding carboxylic acids is 1. The van der Waals surface area contributed by atoms with E-state index in [-0.39, 0.29) is 5.91 Å². The maximum absolute atomic E-state index is 12.1. The van der Waals surface area contributed by atoms with Crippen molar-refractivity contribution in [1.29, 1.82) is 0 Å². The van der Waals surface area contributed by atoms with Crippen LogP contribution in [0.4, 0.5) is 5.82 Å². The lowest BCUT2D eigenvalue weighted by molar-refractivity contribution is 0.0946. The summed E-state index contributed by atoms with van der Waals surface area (Å²) in [5, 5.41) is 6.11. The second kappa shape index (κ2) is 8.56. The van der Waals surface area contributed by atoms with Gasteiger partial charge in [0.25, 0.3) is 5.91 Å². The molecule has 0 fully saturated rings.